The maximum atomic E-state index is 13.8. The summed E-state index contributed by atoms with van der Waals surface area (Å²) in [6.45, 7) is 8.45. The Hall–Kier alpha value is -1.45. The summed E-state index contributed by atoms with van der Waals surface area (Å²) in [7, 11) is 0. The average Bonchev–Trinajstić information content (AvgIpc) is 3.32. The highest BCUT2D eigenvalue weighted by molar-refractivity contribution is 9.09. The Kier molecular flexibility index (Phi) is 7.81. The Morgan fingerprint density at radius 3 is 2.77 bits per heavy atom. The number of hydrogen-bond acceptors (Lipinski definition) is 6. The zero-order valence-electron chi connectivity index (χ0n) is 18.3. The number of ether oxygens (including phenoxy) is 2. The van der Waals surface area contributed by atoms with Gasteiger partial charge in [-0.05, 0) is 19.8 Å². The Balaban J connectivity index is 1.98. The van der Waals surface area contributed by atoms with E-state index < -0.39 is 35.6 Å². The number of nitrogens with zero attached hydrogens (tertiary/aromatic N) is 2. The van der Waals surface area contributed by atoms with E-state index in [1.54, 1.807) is 17.9 Å². The minimum Gasteiger partial charge on any atom is -0.466 e. The number of unbranched alkanes of at least 4 members (excludes halogenated alkanes) is 2. The van der Waals surface area contributed by atoms with Crippen LogP contribution in [-0.4, -0.2) is 88.1 Å². The zero-order chi connectivity index (χ0) is 22.8. The van der Waals surface area contributed by atoms with E-state index in [-0.39, 0.29) is 36.4 Å². The van der Waals surface area contributed by atoms with E-state index in [1.807, 2.05) is 0 Å². The van der Waals surface area contributed by atoms with E-state index in [9.17, 15) is 19.5 Å². The van der Waals surface area contributed by atoms with E-state index in [1.165, 1.54) is 4.90 Å². The van der Waals surface area contributed by atoms with Gasteiger partial charge < -0.3 is 24.4 Å². The molecule has 8 nitrogen and oxygen atoms in total. The van der Waals surface area contributed by atoms with Crippen LogP contribution < -0.4 is 0 Å². The van der Waals surface area contributed by atoms with Crippen molar-refractivity contribution in [2.45, 2.75) is 62.1 Å². The summed E-state index contributed by atoms with van der Waals surface area (Å²) < 4.78 is 11.6. The number of amides is 2. The average molecular weight is 501 g/mol. The van der Waals surface area contributed by atoms with E-state index in [0.717, 1.165) is 19.3 Å². The van der Waals surface area contributed by atoms with Gasteiger partial charge >= 0.3 is 5.97 Å². The van der Waals surface area contributed by atoms with Crippen molar-refractivity contribution in [3.63, 3.8) is 0 Å². The van der Waals surface area contributed by atoms with Crippen LogP contribution in [0.15, 0.2) is 12.7 Å². The molecule has 3 heterocycles. The van der Waals surface area contributed by atoms with E-state index in [2.05, 4.69) is 29.4 Å². The van der Waals surface area contributed by atoms with Gasteiger partial charge in [0.2, 0.25) is 11.8 Å². The molecular weight excluding hydrogens is 468 g/mol. The summed E-state index contributed by atoms with van der Waals surface area (Å²) in [4.78, 5) is 43.0. The fourth-order valence-electron chi connectivity index (χ4n) is 5.44. The van der Waals surface area contributed by atoms with Gasteiger partial charge in [0.1, 0.15) is 11.6 Å². The van der Waals surface area contributed by atoms with Crippen LogP contribution in [0.1, 0.15) is 39.5 Å². The second-order valence-corrected chi connectivity index (χ2v) is 9.63. The number of likely N-dealkylation sites (tertiary alicyclic amines) is 1. The van der Waals surface area contributed by atoms with Crippen LogP contribution in [0.5, 0.6) is 0 Å². The molecule has 2 bridgehead atoms. The number of hydrogen-bond donors (Lipinski definition) is 1. The van der Waals surface area contributed by atoms with E-state index in [0.29, 0.717) is 19.5 Å². The number of halogens is 1. The van der Waals surface area contributed by atoms with Crippen molar-refractivity contribution in [1.29, 1.82) is 0 Å². The molecule has 1 spiro atoms. The summed E-state index contributed by atoms with van der Waals surface area (Å²) in [6.07, 6.45) is 4.47. The Bertz CT molecular complexity index is 718. The number of carbonyl (C=O) groups is 3. The highest BCUT2D eigenvalue weighted by Gasteiger charge is 2.77. The maximum Gasteiger partial charge on any atom is 0.312 e. The summed E-state index contributed by atoms with van der Waals surface area (Å²) in [6, 6.07) is -0.886. The number of rotatable bonds is 11. The van der Waals surface area contributed by atoms with Gasteiger partial charge in [0.25, 0.3) is 0 Å². The molecule has 0 aromatic rings. The SMILES string of the molecule is C=CCN(CCCCC)C(=O)[C@H]1N(CCO)C(=O)[C@@H]2[C@@H](C(=O)OCC)[C@@H]3O[C@@]21CC3Br. The molecule has 0 aromatic carbocycles. The summed E-state index contributed by atoms with van der Waals surface area (Å²) in [5.74, 6) is -2.56. The third-order valence-electron chi connectivity index (χ3n) is 6.62. The Morgan fingerprint density at radius 2 is 2.16 bits per heavy atom. The largest absolute Gasteiger partial charge is 0.466 e. The van der Waals surface area contributed by atoms with Crippen LogP contribution in [0.2, 0.25) is 0 Å². The van der Waals surface area contributed by atoms with Gasteiger partial charge in [-0.25, -0.2) is 0 Å². The molecule has 0 aliphatic carbocycles. The molecule has 9 heteroatoms. The molecule has 6 atom stereocenters. The lowest BCUT2D eigenvalue weighted by molar-refractivity contribution is -0.155. The summed E-state index contributed by atoms with van der Waals surface area (Å²) in [5.41, 5.74) is -1.11. The lowest BCUT2D eigenvalue weighted by atomic mass is 9.70. The molecule has 2 amide bonds. The van der Waals surface area contributed by atoms with Crippen molar-refractivity contribution < 1.29 is 29.0 Å². The van der Waals surface area contributed by atoms with Crippen molar-refractivity contribution in [2.24, 2.45) is 11.8 Å². The first-order valence-electron chi connectivity index (χ1n) is 11.2. The normalized spacial score (nSPS) is 33.5. The number of carbonyl (C=O) groups excluding carboxylic acids is 3. The predicted molar refractivity (Wildman–Crippen MR) is 117 cm³/mol. The van der Waals surface area contributed by atoms with Crippen molar-refractivity contribution in [3.05, 3.63) is 12.7 Å². The quantitative estimate of drug-likeness (QED) is 0.200. The number of aliphatic hydroxyl groups excluding tert-OH is 1. The second-order valence-electron chi connectivity index (χ2n) is 8.45. The molecule has 3 aliphatic heterocycles. The molecule has 0 aromatic heterocycles. The van der Waals surface area contributed by atoms with Crippen LogP contribution in [0.4, 0.5) is 0 Å². The number of β-amino-alcohol motifs (C(OH)–C–C–N with tert-alkyl or cyclic N) is 1. The minimum atomic E-state index is -1.11. The first kappa shape index (κ1) is 24.2. The first-order chi connectivity index (χ1) is 14.9. The summed E-state index contributed by atoms with van der Waals surface area (Å²) in [5, 5.41) is 9.62. The van der Waals surface area contributed by atoms with E-state index >= 15 is 0 Å². The number of alkyl halides is 1. The van der Waals surface area contributed by atoms with E-state index in [4.69, 9.17) is 9.47 Å². The van der Waals surface area contributed by atoms with Crippen LogP contribution in [0.25, 0.3) is 0 Å². The minimum absolute atomic E-state index is 0.0148. The zero-order valence-corrected chi connectivity index (χ0v) is 19.9. The molecule has 31 heavy (non-hydrogen) atoms. The van der Waals surface area contributed by atoms with Crippen LogP contribution in [0.3, 0.4) is 0 Å². The molecule has 3 aliphatic rings. The van der Waals surface area contributed by atoms with Crippen molar-refractivity contribution >= 4 is 33.7 Å². The fraction of sp³-hybridized carbons (Fsp3) is 0.773. The topological polar surface area (TPSA) is 96.4 Å². The Labute approximate surface area is 192 Å². The highest BCUT2D eigenvalue weighted by Crippen LogP contribution is 2.60. The maximum absolute atomic E-state index is 13.8. The monoisotopic (exact) mass is 500 g/mol. The van der Waals surface area contributed by atoms with Crippen LogP contribution in [-0.2, 0) is 23.9 Å². The summed E-state index contributed by atoms with van der Waals surface area (Å²) >= 11 is 3.61. The van der Waals surface area contributed by atoms with Crippen LogP contribution >= 0.6 is 15.9 Å². The second kappa shape index (κ2) is 10.0. The third kappa shape index (κ3) is 4.04. The van der Waals surface area contributed by atoms with Gasteiger partial charge in [0.15, 0.2) is 0 Å². The standard InChI is InChI=1S/C22H33BrN2O6/c1-4-7-8-10-24(9-5-2)20(28)18-22-13-14(23)17(31-22)15(21(29)30-6-3)16(22)19(27)25(18)11-12-26/h5,14-18,26H,2,4,6-13H2,1,3H3/t14?,15-,16+,17-,18-,22+/m1/s1. The van der Waals surface area contributed by atoms with Crippen molar-refractivity contribution in [1.82, 2.24) is 9.80 Å². The van der Waals surface area contributed by atoms with Crippen molar-refractivity contribution in [2.75, 3.05) is 32.8 Å². The van der Waals surface area contributed by atoms with Gasteiger partial charge in [-0.3, -0.25) is 14.4 Å². The van der Waals surface area contributed by atoms with Gasteiger partial charge in [0, 0.05) is 24.5 Å². The van der Waals surface area contributed by atoms with Gasteiger partial charge in [-0.1, -0.05) is 41.8 Å². The molecule has 3 rings (SSSR count). The predicted octanol–water partition coefficient (Wildman–Crippen LogP) is 1.49. The number of fused-ring (bicyclic) bond motifs is 1. The molecular formula is C22H33BrN2O6. The number of esters is 1. The lowest BCUT2D eigenvalue weighted by Crippen LogP contribution is -2.57. The Morgan fingerprint density at radius 1 is 1.42 bits per heavy atom. The van der Waals surface area contributed by atoms with Gasteiger partial charge in [-0.2, -0.15) is 0 Å². The molecule has 1 N–H and O–H groups in total. The highest BCUT2D eigenvalue weighted by atomic mass is 79.9. The number of aliphatic hydroxyl groups is 1. The van der Waals surface area contributed by atoms with Gasteiger partial charge in [-0.15, -0.1) is 6.58 Å². The smallest absolute Gasteiger partial charge is 0.312 e. The lowest BCUT2D eigenvalue weighted by Gasteiger charge is -2.37. The molecule has 1 unspecified atom stereocenters. The fourth-order valence-corrected chi connectivity index (χ4v) is 6.38. The third-order valence-corrected chi connectivity index (χ3v) is 7.46. The van der Waals surface area contributed by atoms with Crippen LogP contribution in [0, 0.1) is 11.8 Å². The first-order valence-corrected chi connectivity index (χ1v) is 12.1. The molecule has 174 valence electrons. The van der Waals surface area contributed by atoms with Gasteiger partial charge in [0.05, 0.1) is 31.2 Å². The molecule has 0 radical (unpaired) electrons. The molecule has 3 saturated heterocycles. The molecule has 0 saturated carbocycles. The van der Waals surface area contributed by atoms with Crippen molar-refractivity contribution in [3.8, 4) is 0 Å². The molecule has 3 fully saturated rings.